The van der Waals surface area contributed by atoms with Gasteiger partial charge in [0.05, 0.1) is 5.39 Å². The van der Waals surface area contributed by atoms with E-state index in [2.05, 4.69) is 38.1 Å². The van der Waals surface area contributed by atoms with Crippen LogP contribution in [0.4, 0.5) is 10.2 Å². The van der Waals surface area contributed by atoms with E-state index in [1.165, 1.54) is 0 Å². The number of anilines is 1. The van der Waals surface area contributed by atoms with Crippen LogP contribution in [-0.2, 0) is 0 Å². The van der Waals surface area contributed by atoms with Crippen molar-refractivity contribution in [3.63, 3.8) is 0 Å². The van der Waals surface area contributed by atoms with Crippen molar-refractivity contribution in [1.29, 1.82) is 0 Å². The minimum Gasteiger partial charge on any atom is -0.462 e. The molecule has 6 rings (SSSR count). The van der Waals surface area contributed by atoms with Crippen molar-refractivity contribution >= 4 is 27.5 Å². The van der Waals surface area contributed by atoms with Gasteiger partial charge in [-0.2, -0.15) is 9.97 Å². The van der Waals surface area contributed by atoms with Gasteiger partial charge in [-0.3, -0.25) is 4.98 Å². The lowest BCUT2D eigenvalue weighted by molar-refractivity contribution is 0.188. The van der Waals surface area contributed by atoms with Crippen LogP contribution in [0.1, 0.15) is 18.4 Å². The molecule has 2 fully saturated rings. The summed E-state index contributed by atoms with van der Waals surface area (Å²) >= 11 is 0. The lowest BCUT2D eigenvalue weighted by atomic mass is 9.97. The van der Waals surface area contributed by atoms with E-state index in [9.17, 15) is 0 Å². The van der Waals surface area contributed by atoms with Crippen LogP contribution in [-0.4, -0.2) is 72.3 Å². The van der Waals surface area contributed by atoms with Gasteiger partial charge in [-0.1, -0.05) is 36.3 Å². The second-order valence-electron chi connectivity index (χ2n) is 9.69. The second-order valence-corrected chi connectivity index (χ2v) is 9.69. The van der Waals surface area contributed by atoms with Gasteiger partial charge >= 0.3 is 6.01 Å². The van der Waals surface area contributed by atoms with Crippen LogP contribution in [0.5, 0.6) is 6.01 Å². The summed E-state index contributed by atoms with van der Waals surface area (Å²) in [5.74, 6) is 2.89. The summed E-state index contributed by atoms with van der Waals surface area (Å²) < 4.78 is 22.4. The molecule has 2 aliphatic rings. The zero-order valence-electron chi connectivity index (χ0n) is 20.9. The molecular formula is C29H29FN6O. The van der Waals surface area contributed by atoms with Gasteiger partial charge in [-0.25, -0.2) is 4.39 Å². The molecule has 1 N–H and O–H groups in total. The van der Waals surface area contributed by atoms with Crippen molar-refractivity contribution in [1.82, 2.24) is 25.2 Å². The van der Waals surface area contributed by atoms with E-state index < -0.39 is 5.82 Å². The number of ether oxygens (including phenoxy) is 1. The lowest BCUT2D eigenvalue weighted by Gasteiger charge is -2.29. The van der Waals surface area contributed by atoms with Gasteiger partial charge in [-0.15, -0.1) is 6.42 Å². The molecule has 7 nitrogen and oxygen atoms in total. The van der Waals surface area contributed by atoms with Crippen LogP contribution in [0.2, 0.25) is 0 Å². The lowest BCUT2D eigenvalue weighted by Crippen LogP contribution is -2.44. The Bertz CT molecular complexity index is 1510. The summed E-state index contributed by atoms with van der Waals surface area (Å²) in [6.45, 7) is 4.69. The van der Waals surface area contributed by atoms with E-state index >= 15 is 4.39 Å². The first-order valence-electron chi connectivity index (χ1n) is 12.8. The number of halogens is 1. The number of likely N-dealkylation sites (N-methyl/N-ethyl adjacent to an activating group) is 1. The molecule has 8 heteroatoms. The SMILES string of the molecule is C#Cc1cccc2cccc(-c3ncc4c(N5CCNCC5)nc(OCC5CCCN5C)nc4c3F)c12. The Kier molecular flexibility index (Phi) is 6.33. The van der Waals surface area contributed by atoms with Crippen LogP contribution in [0.15, 0.2) is 42.6 Å². The summed E-state index contributed by atoms with van der Waals surface area (Å²) in [6, 6.07) is 11.9. The molecule has 2 aromatic carbocycles. The van der Waals surface area contributed by atoms with Gasteiger partial charge < -0.3 is 19.9 Å². The molecule has 1 atom stereocenters. The van der Waals surface area contributed by atoms with Crippen molar-refractivity contribution < 1.29 is 9.13 Å². The first kappa shape index (κ1) is 23.6. The van der Waals surface area contributed by atoms with Gasteiger partial charge in [0.1, 0.15) is 23.6 Å². The molecule has 0 radical (unpaired) electrons. The number of pyridine rings is 1. The number of benzene rings is 2. The fourth-order valence-corrected chi connectivity index (χ4v) is 5.41. The van der Waals surface area contributed by atoms with Gasteiger partial charge in [0.2, 0.25) is 0 Å². The molecule has 0 saturated carbocycles. The summed E-state index contributed by atoms with van der Waals surface area (Å²) in [5.41, 5.74) is 1.76. The van der Waals surface area contributed by atoms with E-state index in [-0.39, 0.29) is 17.2 Å². The topological polar surface area (TPSA) is 66.4 Å². The normalized spacial score (nSPS) is 18.4. The fourth-order valence-electron chi connectivity index (χ4n) is 5.41. The fraction of sp³-hybridized carbons (Fsp3) is 0.345. The van der Waals surface area contributed by atoms with E-state index in [4.69, 9.17) is 16.1 Å². The summed E-state index contributed by atoms with van der Waals surface area (Å²) in [5, 5.41) is 5.67. The number of aromatic nitrogens is 3. The second kappa shape index (κ2) is 9.92. The van der Waals surface area contributed by atoms with E-state index in [1.807, 2.05) is 36.4 Å². The van der Waals surface area contributed by atoms with Crippen LogP contribution in [0.3, 0.4) is 0 Å². The highest BCUT2D eigenvalue weighted by Crippen LogP contribution is 2.36. The molecule has 2 aromatic heterocycles. The van der Waals surface area contributed by atoms with Crippen molar-refractivity contribution in [2.75, 3.05) is 51.3 Å². The Balaban J connectivity index is 1.49. The van der Waals surface area contributed by atoms with Crippen LogP contribution < -0.4 is 15.0 Å². The number of nitrogens with zero attached hydrogens (tertiary/aromatic N) is 5. The smallest absolute Gasteiger partial charge is 0.319 e. The highest BCUT2D eigenvalue weighted by atomic mass is 19.1. The third-order valence-corrected chi connectivity index (χ3v) is 7.45. The van der Waals surface area contributed by atoms with Crippen molar-refractivity contribution in [2.45, 2.75) is 18.9 Å². The Labute approximate surface area is 215 Å². The average Bonchev–Trinajstić information content (AvgIpc) is 3.36. The average molecular weight is 497 g/mol. The number of fused-ring (bicyclic) bond motifs is 2. The molecular weight excluding hydrogens is 467 g/mol. The van der Waals surface area contributed by atoms with Crippen molar-refractivity contribution in [2.24, 2.45) is 0 Å². The maximum absolute atomic E-state index is 16.3. The minimum atomic E-state index is -0.501. The Morgan fingerprint density at radius 2 is 1.95 bits per heavy atom. The zero-order valence-corrected chi connectivity index (χ0v) is 20.9. The highest BCUT2D eigenvalue weighted by molar-refractivity contribution is 6.01. The molecule has 1 unspecified atom stereocenters. The molecule has 2 saturated heterocycles. The van der Waals surface area contributed by atoms with E-state index in [0.29, 0.717) is 35.0 Å². The van der Waals surface area contributed by atoms with Crippen LogP contribution in [0, 0.1) is 18.2 Å². The number of nitrogens with one attached hydrogen (secondary N) is 1. The zero-order chi connectivity index (χ0) is 25.4. The third-order valence-electron chi connectivity index (χ3n) is 7.45. The largest absolute Gasteiger partial charge is 0.462 e. The maximum atomic E-state index is 16.3. The summed E-state index contributed by atoms with van der Waals surface area (Å²) in [7, 11) is 2.10. The summed E-state index contributed by atoms with van der Waals surface area (Å²) in [4.78, 5) is 18.3. The first-order chi connectivity index (χ1) is 18.1. The molecule has 0 spiro atoms. The Hall–Kier alpha value is -3.80. The van der Waals surface area contributed by atoms with Gasteiger partial charge in [0, 0.05) is 54.9 Å². The van der Waals surface area contributed by atoms with Crippen molar-refractivity contribution in [3.8, 4) is 29.6 Å². The van der Waals surface area contributed by atoms with Crippen LogP contribution >= 0.6 is 0 Å². The Morgan fingerprint density at radius 1 is 1.14 bits per heavy atom. The number of terminal acetylenes is 1. The predicted molar refractivity (Wildman–Crippen MR) is 144 cm³/mol. The molecule has 188 valence electrons. The minimum absolute atomic E-state index is 0.194. The molecule has 37 heavy (non-hydrogen) atoms. The molecule has 4 aromatic rings. The third kappa shape index (κ3) is 4.35. The molecule has 2 aliphatic heterocycles. The number of hydrogen-bond donors (Lipinski definition) is 1. The summed E-state index contributed by atoms with van der Waals surface area (Å²) in [6.07, 6.45) is 9.68. The molecule has 0 bridgehead atoms. The van der Waals surface area contributed by atoms with Gasteiger partial charge in [0.15, 0.2) is 5.82 Å². The highest BCUT2D eigenvalue weighted by Gasteiger charge is 2.25. The van der Waals surface area contributed by atoms with Crippen LogP contribution in [0.25, 0.3) is 32.9 Å². The molecule has 0 amide bonds. The quantitative estimate of drug-likeness (QED) is 0.421. The predicted octanol–water partition coefficient (Wildman–Crippen LogP) is 3.85. The number of piperazine rings is 1. The Morgan fingerprint density at radius 3 is 2.70 bits per heavy atom. The van der Waals surface area contributed by atoms with E-state index in [1.54, 1.807) is 6.20 Å². The maximum Gasteiger partial charge on any atom is 0.319 e. The number of rotatable bonds is 5. The standard InChI is InChI=1S/C29H29FN6O/c1-3-19-7-4-8-20-9-5-11-22(24(19)20)26-25(30)27-23(17-32-26)28(36-15-12-31-13-16-36)34-29(33-27)37-18-21-10-6-14-35(21)2/h1,4-5,7-9,11,17,21,31H,6,10,12-16,18H2,2H3. The number of likely N-dealkylation sites (tertiary alicyclic amines) is 1. The number of hydrogen-bond acceptors (Lipinski definition) is 7. The molecule has 0 aliphatic carbocycles. The van der Waals surface area contributed by atoms with Gasteiger partial charge in [-0.05, 0) is 37.9 Å². The van der Waals surface area contributed by atoms with Gasteiger partial charge in [0.25, 0.3) is 0 Å². The van der Waals surface area contributed by atoms with E-state index in [0.717, 1.165) is 56.3 Å². The first-order valence-corrected chi connectivity index (χ1v) is 12.8. The van der Waals surface area contributed by atoms with Crippen molar-refractivity contribution in [3.05, 3.63) is 54.0 Å². The molecule has 4 heterocycles. The monoisotopic (exact) mass is 496 g/mol.